The third-order valence-electron chi connectivity index (χ3n) is 2.29. The van der Waals surface area contributed by atoms with Gasteiger partial charge in [0.15, 0.2) is 0 Å². The van der Waals surface area contributed by atoms with Crippen molar-refractivity contribution >= 4 is 0 Å². The molecule has 0 aromatic carbocycles. The minimum absolute atomic E-state index is 0.354. The maximum absolute atomic E-state index is 5.57. The monoisotopic (exact) mass is 201 g/mol. The molecule has 0 amide bonds. The smallest absolute Gasteiger partial charge is 0.104 e. The van der Waals surface area contributed by atoms with Crippen molar-refractivity contribution in [3.63, 3.8) is 0 Å². The summed E-state index contributed by atoms with van der Waals surface area (Å²) in [6, 6.07) is 0.453. The molecule has 1 rings (SSSR count). The number of nitrogens with one attached hydrogen (secondary N) is 1. The average Bonchev–Trinajstić information content (AvgIpc) is 2.84. The van der Waals surface area contributed by atoms with Gasteiger partial charge in [0.05, 0.1) is 19.8 Å². The Morgan fingerprint density at radius 1 is 1.50 bits per heavy atom. The number of ether oxygens (including phenoxy) is 2. The lowest BCUT2D eigenvalue weighted by atomic mass is 9.88. The first kappa shape index (κ1) is 12.0. The van der Waals surface area contributed by atoms with Crippen LogP contribution in [-0.4, -0.2) is 39.0 Å². The second-order valence-electron chi connectivity index (χ2n) is 5.24. The van der Waals surface area contributed by atoms with Crippen LogP contribution in [0.4, 0.5) is 0 Å². The van der Waals surface area contributed by atoms with Gasteiger partial charge in [0.2, 0.25) is 0 Å². The summed E-state index contributed by atoms with van der Waals surface area (Å²) in [6.45, 7) is 9.17. The predicted molar refractivity (Wildman–Crippen MR) is 57.5 cm³/mol. The first-order chi connectivity index (χ1) is 6.51. The van der Waals surface area contributed by atoms with E-state index in [4.69, 9.17) is 9.47 Å². The van der Waals surface area contributed by atoms with Gasteiger partial charge < -0.3 is 14.8 Å². The van der Waals surface area contributed by atoms with Crippen LogP contribution in [-0.2, 0) is 9.47 Å². The first-order valence-electron chi connectivity index (χ1n) is 5.38. The topological polar surface area (TPSA) is 33.8 Å². The molecule has 0 radical (unpaired) electrons. The molecule has 3 heteroatoms. The van der Waals surface area contributed by atoms with Crippen molar-refractivity contribution < 1.29 is 9.47 Å². The summed E-state index contributed by atoms with van der Waals surface area (Å²) in [7, 11) is 1.99. The highest BCUT2D eigenvalue weighted by Gasteiger charge is 2.23. The molecule has 3 nitrogen and oxygen atoms in total. The van der Waals surface area contributed by atoms with Crippen molar-refractivity contribution in [1.82, 2.24) is 5.32 Å². The fraction of sp³-hybridized carbons (Fsp3) is 1.00. The van der Waals surface area contributed by atoms with Crippen LogP contribution in [0.25, 0.3) is 0 Å². The normalized spacial score (nSPS) is 23.6. The standard InChI is InChI=1S/C11H23NO2/c1-11(2,3)5-9(12-4)6-13-7-10-8-14-10/h9-10,12H,5-8H2,1-4H3. The zero-order valence-corrected chi connectivity index (χ0v) is 9.80. The summed E-state index contributed by atoms with van der Waals surface area (Å²) in [4.78, 5) is 0. The molecule has 1 heterocycles. The molecule has 0 saturated carbocycles. The SMILES string of the molecule is CNC(COCC1CO1)CC(C)(C)C. The van der Waals surface area contributed by atoms with Gasteiger partial charge in [0.25, 0.3) is 0 Å². The van der Waals surface area contributed by atoms with Crippen LogP contribution in [0, 0.1) is 5.41 Å². The van der Waals surface area contributed by atoms with E-state index in [0.29, 0.717) is 17.6 Å². The van der Waals surface area contributed by atoms with Crippen molar-refractivity contribution in [2.75, 3.05) is 26.9 Å². The summed E-state index contributed by atoms with van der Waals surface area (Å²) in [5, 5.41) is 3.29. The van der Waals surface area contributed by atoms with E-state index in [1.807, 2.05) is 7.05 Å². The number of likely N-dealkylation sites (N-methyl/N-ethyl adjacent to an activating group) is 1. The molecule has 2 unspecified atom stereocenters. The van der Waals surface area contributed by atoms with Crippen molar-refractivity contribution in [3.05, 3.63) is 0 Å². The number of hydrogen-bond acceptors (Lipinski definition) is 3. The van der Waals surface area contributed by atoms with Gasteiger partial charge in [0, 0.05) is 6.04 Å². The summed E-state index contributed by atoms with van der Waals surface area (Å²) < 4.78 is 10.6. The summed E-state index contributed by atoms with van der Waals surface area (Å²) in [6.07, 6.45) is 1.51. The third-order valence-corrected chi connectivity index (χ3v) is 2.29. The Morgan fingerprint density at radius 2 is 2.14 bits per heavy atom. The second-order valence-corrected chi connectivity index (χ2v) is 5.24. The van der Waals surface area contributed by atoms with E-state index in [0.717, 1.165) is 26.2 Å². The third kappa shape index (κ3) is 5.58. The van der Waals surface area contributed by atoms with Crippen molar-refractivity contribution in [1.29, 1.82) is 0 Å². The summed E-state index contributed by atoms with van der Waals surface area (Å²) >= 11 is 0. The molecule has 1 aliphatic rings. The number of epoxide rings is 1. The molecule has 0 aromatic rings. The minimum Gasteiger partial charge on any atom is -0.377 e. The van der Waals surface area contributed by atoms with Crippen LogP contribution >= 0.6 is 0 Å². The largest absolute Gasteiger partial charge is 0.377 e. The maximum Gasteiger partial charge on any atom is 0.104 e. The zero-order chi connectivity index (χ0) is 10.6. The maximum atomic E-state index is 5.57. The van der Waals surface area contributed by atoms with Crippen molar-refractivity contribution in [2.45, 2.75) is 39.3 Å². The molecule has 84 valence electrons. The minimum atomic E-state index is 0.354. The van der Waals surface area contributed by atoms with E-state index >= 15 is 0 Å². The van der Waals surface area contributed by atoms with Gasteiger partial charge in [-0.3, -0.25) is 0 Å². The van der Waals surface area contributed by atoms with Crippen LogP contribution in [0.5, 0.6) is 0 Å². The van der Waals surface area contributed by atoms with E-state index in [1.54, 1.807) is 0 Å². The molecule has 2 atom stereocenters. The van der Waals surface area contributed by atoms with Gasteiger partial charge >= 0.3 is 0 Å². The molecule has 14 heavy (non-hydrogen) atoms. The Hall–Kier alpha value is -0.120. The lowest BCUT2D eigenvalue weighted by molar-refractivity contribution is 0.0873. The molecule has 0 aliphatic carbocycles. The van der Waals surface area contributed by atoms with Gasteiger partial charge in [-0.2, -0.15) is 0 Å². The van der Waals surface area contributed by atoms with Gasteiger partial charge in [0.1, 0.15) is 6.10 Å². The highest BCUT2D eigenvalue weighted by Crippen LogP contribution is 2.21. The van der Waals surface area contributed by atoms with Crippen LogP contribution in [0.15, 0.2) is 0 Å². The Kier molecular flexibility index (Phi) is 4.35. The van der Waals surface area contributed by atoms with Gasteiger partial charge in [-0.15, -0.1) is 0 Å². The highest BCUT2D eigenvalue weighted by molar-refractivity contribution is 4.74. The summed E-state index contributed by atoms with van der Waals surface area (Å²) in [5.41, 5.74) is 0.354. The van der Waals surface area contributed by atoms with Gasteiger partial charge in [-0.1, -0.05) is 20.8 Å². The zero-order valence-electron chi connectivity index (χ0n) is 9.80. The van der Waals surface area contributed by atoms with Crippen LogP contribution in [0.1, 0.15) is 27.2 Å². The highest BCUT2D eigenvalue weighted by atomic mass is 16.6. The lowest BCUT2D eigenvalue weighted by Crippen LogP contribution is -2.34. The fourth-order valence-corrected chi connectivity index (χ4v) is 1.49. The molecular formula is C11H23NO2. The molecule has 0 bridgehead atoms. The molecular weight excluding hydrogens is 178 g/mol. The number of hydrogen-bond donors (Lipinski definition) is 1. The predicted octanol–water partition coefficient (Wildman–Crippen LogP) is 1.43. The van der Waals surface area contributed by atoms with Gasteiger partial charge in [-0.25, -0.2) is 0 Å². The summed E-state index contributed by atoms with van der Waals surface area (Å²) in [5.74, 6) is 0. The van der Waals surface area contributed by atoms with Crippen LogP contribution in [0.3, 0.4) is 0 Å². The lowest BCUT2D eigenvalue weighted by Gasteiger charge is -2.25. The average molecular weight is 201 g/mol. The van der Waals surface area contributed by atoms with E-state index in [-0.39, 0.29) is 0 Å². The Labute approximate surface area is 87.2 Å². The molecule has 0 spiro atoms. The van der Waals surface area contributed by atoms with Crippen molar-refractivity contribution in [2.24, 2.45) is 5.41 Å². The van der Waals surface area contributed by atoms with E-state index < -0.39 is 0 Å². The van der Waals surface area contributed by atoms with Crippen LogP contribution < -0.4 is 5.32 Å². The molecule has 1 saturated heterocycles. The van der Waals surface area contributed by atoms with E-state index in [1.165, 1.54) is 0 Å². The Bertz CT molecular complexity index is 161. The quantitative estimate of drug-likeness (QED) is 0.660. The van der Waals surface area contributed by atoms with Gasteiger partial charge in [-0.05, 0) is 18.9 Å². The number of rotatable bonds is 6. The van der Waals surface area contributed by atoms with Crippen molar-refractivity contribution in [3.8, 4) is 0 Å². The second kappa shape index (κ2) is 5.10. The molecule has 1 N–H and O–H groups in total. The molecule has 0 aromatic heterocycles. The first-order valence-corrected chi connectivity index (χ1v) is 5.38. The Balaban J connectivity index is 2.10. The van der Waals surface area contributed by atoms with E-state index in [9.17, 15) is 0 Å². The molecule has 1 fully saturated rings. The fourth-order valence-electron chi connectivity index (χ4n) is 1.49. The van der Waals surface area contributed by atoms with E-state index in [2.05, 4.69) is 26.1 Å². The molecule has 1 aliphatic heterocycles. The van der Waals surface area contributed by atoms with Crippen LogP contribution in [0.2, 0.25) is 0 Å². The Morgan fingerprint density at radius 3 is 2.57 bits per heavy atom.